The second-order valence-electron chi connectivity index (χ2n) is 4.17. The molecule has 0 fully saturated rings. The van der Waals surface area contributed by atoms with Crippen molar-refractivity contribution in [3.63, 3.8) is 0 Å². The second-order valence-corrected chi connectivity index (χ2v) is 4.17. The van der Waals surface area contributed by atoms with E-state index in [1.54, 1.807) is 19.3 Å². The van der Waals surface area contributed by atoms with Gasteiger partial charge in [0.25, 0.3) is 0 Å². The van der Waals surface area contributed by atoms with Crippen molar-refractivity contribution in [3.05, 3.63) is 12.2 Å². The number of carbonyl (C=O) groups excluding carboxylic acids is 2. The van der Waals surface area contributed by atoms with E-state index in [0.29, 0.717) is 13.2 Å². The summed E-state index contributed by atoms with van der Waals surface area (Å²) in [6.07, 6.45) is 1.52. The van der Waals surface area contributed by atoms with Crippen molar-refractivity contribution < 1.29 is 33.3 Å². The van der Waals surface area contributed by atoms with Crippen LogP contribution in [0.2, 0.25) is 0 Å². The van der Waals surface area contributed by atoms with Gasteiger partial charge in [0.05, 0.1) is 13.2 Å². The lowest BCUT2D eigenvalue weighted by Crippen LogP contribution is -2.42. The lowest BCUT2D eigenvalue weighted by molar-refractivity contribution is -0.199. The van der Waals surface area contributed by atoms with Crippen LogP contribution in [0.1, 0.15) is 13.8 Å². The Hall–Kier alpha value is -1.44. The maximum absolute atomic E-state index is 11.0. The Kier molecular flexibility index (Phi) is 7.21. The van der Waals surface area contributed by atoms with Gasteiger partial charge in [-0.2, -0.15) is 0 Å². The molecule has 1 rings (SSSR count). The summed E-state index contributed by atoms with van der Waals surface area (Å²) in [5, 5.41) is 0. The van der Waals surface area contributed by atoms with Crippen LogP contribution in [0.3, 0.4) is 0 Å². The summed E-state index contributed by atoms with van der Waals surface area (Å²) in [5.74, 6) is -0.864. The highest BCUT2D eigenvalue weighted by atomic mass is 16.7. The molecule has 3 atom stereocenters. The van der Waals surface area contributed by atoms with Gasteiger partial charge in [-0.15, -0.1) is 0 Å². The minimum Gasteiger partial charge on any atom is -0.463 e. The van der Waals surface area contributed by atoms with Crippen LogP contribution in [0, 0.1) is 0 Å². The number of ether oxygens (including phenoxy) is 5. The van der Waals surface area contributed by atoms with Crippen LogP contribution in [-0.2, 0) is 33.3 Å². The van der Waals surface area contributed by atoms with E-state index in [2.05, 4.69) is 0 Å². The van der Waals surface area contributed by atoms with E-state index in [-0.39, 0.29) is 6.61 Å². The van der Waals surface area contributed by atoms with Crippen molar-refractivity contribution in [2.45, 2.75) is 32.3 Å². The Morgan fingerprint density at radius 2 is 1.90 bits per heavy atom. The van der Waals surface area contributed by atoms with Crippen molar-refractivity contribution >= 4 is 11.9 Å². The maximum atomic E-state index is 11.0. The molecule has 0 bridgehead atoms. The average molecular weight is 288 g/mol. The zero-order valence-electron chi connectivity index (χ0n) is 11.9. The predicted octanol–water partition coefficient (Wildman–Crippen LogP) is 0.425. The molecule has 0 aliphatic carbocycles. The standard InChI is InChI=1S/C13H20O7/c1-9(14)18-8-12-11(19-10(2)15)4-5-13(20-12)17-7-6-16-3/h4-5,11-13H,6-8H2,1-3H3/t11-,12+,13-/m0/s1. The van der Waals surface area contributed by atoms with Crippen LogP contribution in [0.4, 0.5) is 0 Å². The van der Waals surface area contributed by atoms with Gasteiger partial charge in [-0.05, 0) is 12.2 Å². The van der Waals surface area contributed by atoms with Gasteiger partial charge in [-0.25, -0.2) is 0 Å². The Bertz CT molecular complexity index is 353. The number of hydrogen-bond acceptors (Lipinski definition) is 7. The lowest BCUT2D eigenvalue weighted by Gasteiger charge is -2.31. The van der Waals surface area contributed by atoms with E-state index in [9.17, 15) is 9.59 Å². The van der Waals surface area contributed by atoms with E-state index in [4.69, 9.17) is 23.7 Å². The molecule has 7 nitrogen and oxygen atoms in total. The molecule has 0 spiro atoms. The lowest BCUT2D eigenvalue weighted by atomic mass is 10.1. The molecule has 1 heterocycles. The van der Waals surface area contributed by atoms with Gasteiger partial charge in [-0.3, -0.25) is 9.59 Å². The highest BCUT2D eigenvalue weighted by Crippen LogP contribution is 2.17. The van der Waals surface area contributed by atoms with Crippen LogP contribution in [0.5, 0.6) is 0 Å². The zero-order valence-corrected chi connectivity index (χ0v) is 11.9. The number of carbonyl (C=O) groups is 2. The molecule has 0 aromatic carbocycles. The highest BCUT2D eigenvalue weighted by Gasteiger charge is 2.30. The molecular formula is C13H20O7. The number of rotatable bonds is 7. The summed E-state index contributed by atoms with van der Waals surface area (Å²) in [6.45, 7) is 3.39. The van der Waals surface area contributed by atoms with Crippen molar-refractivity contribution in [2.75, 3.05) is 26.9 Å². The first-order chi connectivity index (χ1) is 9.52. The molecule has 7 heteroatoms. The third-order valence-corrected chi connectivity index (χ3v) is 2.46. The Balaban J connectivity index is 2.56. The number of esters is 2. The molecular weight excluding hydrogens is 268 g/mol. The fourth-order valence-electron chi connectivity index (χ4n) is 1.60. The predicted molar refractivity (Wildman–Crippen MR) is 67.8 cm³/mol. The zero-order chi connectivity index (χ0) is 15.0. The molecule has 0 N–H and O–H groups in total. The molecule has 0 radical (unpaired) electrons. The minimum absolute atomic E-state index is 0.0121. The Morgan fingerprint density at radius 3 is 2.50 bits per heavy atom. The molecule has 0 saturated carbocycles. The molecule has 114 valence electrons. The maximum Gasteiger partial charge on any atom is 0.303 e. The molecule has 20 heavy (non-hydrogen) atoms. The Morgan fingerprint density at radius 1 is 1.15 bits per heavy atom. The van der Waals surface area contributed by atoms with Crippen LogP contribution < -0.4 is 0 Å². The quantitative estimate of drug-likeness (QED) is 0.381. The summed E-state index contributed by atoms with van der Waals surface area (Å²) in [5.41, 5.74) is 0. The largest absolute Gasteiger partial charge is 0.463 e. The van der Waals surface area contributed by atoms with E-state index in [0.717, 1.165) is 0 Å². The normalized spacial score (nSPS) is 25.2. The van der Waals surface area contributed by atoms with Gasteiger partial charge in [0.2, 0.25) is 0 Å². The second kappa shape index (κ2) is 8.68. The SMILES string of the molecule is COCCO[C@@H]1C=C[C@H](OC(C)=O)[C@@H](COC(C)=O)O1. The van der Waals surface area contributed by atoms with Gasteiger partial charge in [0, 0.05) is 21.0 Å². The van der Waals surface area contributed by atoms with Crippen LogP contribution >= 0.6 is 0 Å². The molecule has 0 aromatic rings. The molecule has 0 aromatic heterocycles. The van der Waals surface area contributed by atoms with Crippen LogP contribution in [0.15, 0.2) is 12.2 Å². The van der Waals surface area contributed by atoms with Gasteiger partial charge in [-0.1, -0.05) is 0 Å². The first-order valence-corrected chi connectivity index (χ1v) is 6.28. The van der Waals surface area contributed by atoms with E-state index in [1.165, 1.54) is 13.8 Å². The van der Waals surface area contributed by atoms with Crippen molar-refractivity contribution in [2.24, 2.45) is 0 Å². The topological polar surface area (TPSA) is 80.3 Å². The molecule has 0 unspecified atom stereocenters. The Labute approximate surface area is 117 Å². The van der Waals surface area contributed by atoms with Gasteiger partial charge < -0.3 is 23.7 Å². The summed E-state index contributed by atoms with van der Waals surface area (Å²) < 4.78 is 25.8. The van der Waals surface area contributed by atoms with E-state index < -0.39 is 30.4 Å². The van der Waals surface area contributed by atoms with Crippen molar-refractivity contribution in [1.29, 1.82) is 0 Å². The van der Waals surface area contributed by atoms with Gasteiger partial charge in [0.1, 0.15) is 18.8 Å². The molecule has 1 aliphatic heterocycles. The molecule has 0 amide bonds. The smallest absolute Gasteiger partial charge is 0.303 e. The van der Waals surface area contributed by atoms with Gasteiger partial charge >= 0.3 is 11.9 Å². The summed E-state index contributed by atoms with van der Waals surface area (Å²) in [4.78, 5) is 21.9. The number of methoxy groups -OCH3 is 1. The highest BCUT2D eigenvalue weighted by molar-refractivity contribution is 5.66. The third-order valence-electron chi connectivity index (χ3n) is 2.46. The molecule has 1 aliphatic rings. The first kappa shape index (κ1) is 16.6. The third kappa shape index (κ3) is 6.14. The average Bonchev–Trinajstić information content (AvgIpc) is 2.38. The minimum atomic E-state index is -0.603. The fraction of sp³-hybridized carbons (Fsp3) is 0.692. The van der Waals surface area contributed by atoms with E-state index in [1.807, 2.05) is 0 Å². The number of hydrogen-bond donors (Lipinski definition) is 0. The van der Waals surface area contributed by atoms with E-state index >= 15 is 0 Å². The van der Waals surface area contributed by atoms with Gasteiger partial charge in [0.15, 0.2) is 6.29 Å². The summed E-state index contributed by atoms with van der Waals surface area (Å²) >= 11 is 0. The summed E-state index contributed by atoms with van der Waals surface area (Å²) in [6, 6.07) is 0. The summed E-state index contributed by atoms with van der Waals surface area (Å²) in [7, 11) is 1.57. The fourth-order valence-corrected chi connectivity index (χ4v) is 1.60. The first-order valence-electron chi connectivity index (χ1n) is 6.28. The van der Waals surface area contributed by atoms with Crippen LogP contribution in [0.25, 0.3) is 0 Å². The molecule has 0 saturated heterocycles. The van der Waals surface area contributed by atoms with Crippen molar-refractivity contribution in [1.82, 2.24) is 0 Å². The van der Waals surface area contributed by atoms with Crippen LogP contribution in [-0.4, -0.2) is 57.4 Å². The monoisotopic (exact) mass is 288 g/mol. The van der Waals surface area contributed by atoms with Crippen molar-refractivity contribution in [3.8, 4) is 0 Å².